The lowest BCUT2D eigenvalue weighted by Gasteiger charge is -2.13. The van der Waals surface area contributed by atoms with Crippen molar-refractivity contribution in [2.75, 3.05) is 0 Å². The van der Waals surface area contributed by atoms with Gasteiger partial charge >= 0.3 is 11.9 Å². The highest BCUT2D eigenvalue weighted by Gasteiger charge is 2.33. The van der Waals surface area contributed by atoms with Crippen LogP contribution in [0.15, 0.2) is 27.9 Å². The van der Waals surface area contributed by atoms with Crippen LogP contribution in [0, 0.1) is 0 Å². The molecule has 0 aliphatic heterocycles. The van der Waals surface area contributed by atoms with Crippen molar-refractivity contribution in [3.8, 4) is 5.69 Å². The van der Waals surface area contributed by atoms with E-state index in [9.17, 15) is 22.8 Å². The molecular weight excluding hydrogens is 287 g/mol. The molecule has 8 heteroatoms. The van der Waals surface area contributed by atoms with Crippen molar-refractivity contribution in [1.82, 2.24) is 14.5 Å². The van der Waals surface area contributed by atoms with Gasteiger partial charge in [0, 0.05) is 17.5 Å². The van der Waals surface area contributed by atoms with Gasteiger partial charge in [0.1, 0.15) is 5.69 Å². The highest BCUT2D eigenvalue weighted by molar-refractivity contribution is 5.38. The average Bonchev–Trinajstić information content (AvgIpc) is 2.87. The standard InChI is InChI=1S/C13H10F3N3O2/c14-13(15,16)10-6-7(4-5-17-10)19-9-3-1-2-8(9)11(20)18-12(19)21/h4-6H,1-3H2,(H,18,20,21). The summed E-state index contributed by atoms with van der Waals surface area (Å²) in [6, 6.07) is 2.12. The number of H-pyrrole nitrogens is 1. The summed E-state index contributed by atoms with van der Waals surface area (Å²) in [7, 11) is 0. The highest BCUT2D eigenvalue weighted by atomic mass is 19.4. The van der Waals surface area contributed by atoms with Gasteiger partial charge in [0.05, 0.1) is 5.69 Å². The number of rotatable bonds is 1. The van der Waals surface area contributed by atoms with Gasteiger partial charge in [-0.1, -0.05) is 0 Å². The fourth-order valence-electron chi connectivity index (χ4n) is 2.56. The van der Waals surface area contributed by atoms with Crippen LogP contribution in [0.1, 0.15) is 23.4 Å². The van der Waals surface area contributed by atoms with Crippen LogP contribution in [0.5, 0.6) is 0 Å². The van der Waals surface area contributed by atoms with E-state index < -0.39 is 23.1 Å². The summed E-state index contributed by atoms with van der Waals surface area (Å²) >= 11 is 0. The Morgan fingerprint density at radius 3 is 2.71 bits per heavy atom. The lowest BCUT2D eigenvalue weighted by Crippen LogP contribution is -2.33. The number of halogens is 3. The molecule has 1 aliphatic carbocycles. The third-order valence-corrected chi connectivity index (χ3v) is 3.45. The Morgan fingerprint density at radius 2 is 2.00 bits per heavy atom. The van der Waals surface area contributed by atoms with Crippen molar-refractivity contribution < 1.29 is 13.2 Å². The summed E-state index contributed by atoms with van der Waals surface area (Å²) in [5.74, 6) is 0. The molecular formula is C13H10F3N3O2. The van der Waals surface area contributed by atoms with Crippen LogP contribution in [-0.4, -0.2) is 14.5 Å². The third-order valence-electron chi connectivity index (χ3n) is 3.45. The van der Waals surface area contributed by atoms with E-state index in [1.54, 1.807) is 0 Å². The van der Waals surface area contributed by atoms with Crippen molar-refractivity contribution in [3.05, 3.63) is 56.1 Å². The topological polar surface area (TPSA) is 67.8 Å². The largest absolute Gasteiger partial charge is 0.433 e. The molecule has 0 amide bonds. The smallest absolute Gasteiger partial charge is 0.273 e. The number of pyridine rings is 1. The normalized spacial score (nSPS) is 14.2. The Labute approximate surface area is 116 Å². The Balaban J connectivity index is 2.25. The zero-order valence-corrected chi connectivity index (χ0v) is 10.7. The maximum absolute atomic E-state index is 12.7. The van der Waals surface area contributed by atoms with Crippen molar-refractivity contribution in [2.45, 2.75) is 25.4 Å². The first kappa shape index (κ1) is 13.6. The molecule has 5 nitrogen and oxygen atoms in total. The molecule has 0 bridgehead atoms. The van der Waals surface area contributed by atoms with Crippen molar-refractivity contribution in [2.24, 2.45) is 0 Å². The average molecular weight is 297 g/mol. The minimum absolute atomic E-state index is 0.0525. The molecule has 0 spiro atoms. The van der Waals surface area contributed by atoms with Gasteiger partial charge in [0.2, 0.25) is 0 Å². The monoisotopic (exact) mass is 297 g/mol. The zero-order chi connectivity index (χ0) is 15.2. The van der Waals surface area contributed by atoms with Crippen LogP contribution in [0.4, 0.5) is 13.2 Å². The molecule has 0 atom stereocenters. The second-order valence-electron chi connectivity index (χ2n) is 4.77. The van der Waals surface area contributed by atoms with Crippen molar-refractivity contribution in [1.29, 1.82) is 0 Å². The zero-order valence-electron chi connectivity index (χ0n) is 10.7. The summed E-state index contributed by atoms with van der Waals surface area (Å²) in [5.41, 5.74) is -1.29. The number of fused-ring (bicyclic) bond motifs is 1. The second-order valence-corrected chi connectivity index (χ2v) is 4.77. The first-order chi connectivity index (χ1) is 9.88. The Bertz CT molecular complexity index is 821. The fraction of sp³-hybridized carbons (Fsp3) is 0.308. The first-order valence-electron chi connectivity index (χ1n) is 6.28. The lowest BCUT2D eigenvalue weighted by molar-refractivity contribution is -0.141. The summed E-state index contributed by atoms with van der Waals surface area (Å²) in [6.07, 6.45) is -1.90. The predicted molar refractivity (Wildman–Crippen MR) is 67.5 cm³/mol. The van der Waals surface area contributed by atoms with Crippen LogP contribution in [0.25, 0.3) is 5.69 Å². The van der Waals surface area contributed by atoms with Gasteiger partial charge in [0.15, 0.2) is 0 Å². The summed E-state index contributed by atoms with van der Waals surface area (Å²) < 4.78 is 39.3. The molecule has 3 rings (SSSR count). The van der Waals surface area contributed by atoms with Crippen LogP contribution in [0.3, 0.4) is 0 Å². The molecule has 2 heterocycles. The number of aromatic amines is 1. The number of hydrogen-bond donors (Lipinski definition) is 1. The molecule has 1 aliphatic rings. The Morgan fingerprint density at radius 1 is 1.24 bits per heavy atom. The number of alkyl halides is 3. The molecule has 1 N–H and O–H groups in total. The predicted octanol–water partition coefficient (Wildman–Crippen LogP) is 1.43. The Kier molecular flexibility index (Phi) is 2.96. The van der Waals surface area contributed by atoms with Crippen molar-refractivity contribution in [3.63, 3.8) is 0 Å². The summed E-state index contributed by atoms with van der Waals surface area (Å²) in [4.78, 5) is 29.1. The Hall–Kier alpha value is -2.38. The molecule has 2 aromatic heterocycles. The quantitative estimate of drug-likeness (QED) is 0.866. The van der Waals surface area contributed by atoms with E-state index >= 15 is 0 Å². The number of nitrogens with zero attached hydrogens (tertiary/aromatic N) is 2. The molecule has 2 aromatic rings. The van der Waals surface area contributed by atoms with E-state index in [0.717, 1.165) is 16.8 Å². The molecule has 21 heavy (non-hydrogen) atoms. The van der Waals surface area contributed by atoms with E-state index in [2.05, 4.69) is 9.97 Å². The second kappa shape index (κ2) is 4.57. The van der Waals surface area contributed by atoms with Gasteiger partial charge in [-0.2, -0.15) is 13.2 Å². The molecule has 110 valence electrons. The minimum Gasteiger partial charge on any atom is -0.273 e. The van der Waals surface area contributed by atoms with Crippen LogP contribution in [0.2, 0.25) is 0 Å². The highest BCUT2D eigenvalue weighted by Crippen LogP contribution is 2.29. The van der Waals surface area contributed by atoms with E-state index in [1.807, 2.05) is 0 Å². The van der Waals surface area contributed by atoms with E-state index in [4.69, 9.17) is 0 Å². The molecule has 0 saturated heterocycles. The molecule has 0 radical (unpaired) electrons. The molecule has 0 aromatic carbocycles. The number of nitrogens with one attached hydrogen (secondary N) is 1. The van der Waals surface area contributed by atoms with Crippen LogP contribution in [-0.2, 0) is 19.0 Å². The van der Waals surface area contributed by atoms with Gasteiger partial charge in [0.25, 0.3) is 5.56 Å². The number of hydrogen-bond acceptors (Lipinski definition) is 3. The van der Waals surface area contributed by atoms with Crippen LogP contribution >= 0.6 is 0 Å². The summed E-state index contributed by atoms with van der Waals surface area (Å²) in [6.45, 7) is 0. The number of aromatic nitrogens is 3. The van der Waals surface area contributed by atoms with Gasteiger partial charge < -0.3 is 0 Å². The molecule has 0 saturated carbocycles. The van der Waals surface area contributed by atoms with Crippen LogP contribution < -0.4 is 11.2 Å². The fourth-order valence-corrected chi connectivity index (χ4v) is 2.56. The van der Waals surface area contributed by atoms with Gasteiger partial charge in [-0.3, -0.25) is 19.3 Å². The first-order valence-corrected chi connectivity index (χ1v) is 6.28. The molecule has 0 unspecified atom stereocenters. The van der Waals surface area contributed by atoms with E-state index in [-0.39, 0.29) is 5.69 Å². The van der Waals surface area contributed by atoms with Gasteiger partial charge in [-0.25, -0.2) is 4.79 Å². The van der Waals surface area contributed by atoms with E-state index in [1.165, 1.54) is 6.07 Å². The van der Waals surface area contributed by atoms with Gasteiger partial charge in [-0.15, -0.1) is 0 Å². The third kappa shape index (κ3) is 2.26. The maximum Gasteiger partial charge on any atom is 0.433 e. The lowest BCUT2D eigenvalue weighted by atomic mass is 10.2. The van der Waals surface area contributed by atoms with Crippen molar-refractivity contribution >= 4 is 0 Å². The SMILES string of the molecule is O=c1[nH]c(=O)n(-c2ccnc(C(F)(F)F)c2)c2c1CCC2. The van der Waals surface area contributed by atoms with Gasteiger partial charge in [-0.05, 0) is 31.4 Å². The summed E-state index contributed by atoms with van der Waals surface area (Å²) in [5, 5.41) is 0. The minimum atomic E-state index is -4.59. The maximum atomic E-state index is 12.7. The molecule has 0 fully saturated rings. The van der Waals surface area contributed by atoms with E-state index in [0.29, 0.717) is 30.5 Å².